The van der Waals surface area contributed by atoms with Crippen LogP contribution in [0.2, 0.25) is 0 Å². The summed E-state index contributed by atoms with van der Waals surface area (Å²) in [7, 11) is 1.24. The summed E-state index contributed by atoms with van der Waals surface area (Å²) >= 11 is 17.9. The summed E-state index contributed by atoms with van der Waals surface area (Å²) in [5, 5.41) is 0. The normalized spacial score (nSPS) is 13.3. The Balaban J connectivity index is 2.19. The van der Waals surface area contributed by atoms with Gasteiger partial charge in [0.25, 0.3) is 10.1 Å². The number of fused-ring (bicyclic) bond motifs is 1. The lowest BCUT2D eigenvalue weighted by Gasteiger charge is -2.22. The summed E-state index contributed by atoms with van der Waals surface area (Å²) < 4.78 is 9.89. The number of halogens is 3. The number of carbonyl (C=O) groups is 1. The van der Waals surface area contributed by atoms with Gasteiger partial charge in [-0.05, 0) is 12.1 Å². The Labute approximate surface area is 138 Å². The Hall–Kier alpha value is -0.790. The number of carbonyl (C=O) groups excluding carboxylic acids is 1. The van der Waals surface area contributed by atoms with Crippen molar-refractivity contribution in [1.29, 1.82) is 0 Å². The van der Waals surface area contributed by atoms with Crippen LogP contribution in [0.3, 0.4) is 0 Å². The van der Waals surface area contributed by atoms with Gasteiger partial charge in [0.1, 0.15) is 6.54 Å². The van der Waals surface area contributed by atoms with Crippen molar-refractivity contribution in [3.8, 4) is 0 Å². The van der Waals surface area contributed by atoms with Gasteiger partial charge in [0.05, 0.1) is 10.2 Å². The Morgan fingerprint density at radius 1 is 1.38 bits per heavy atom. The minimum Gasteiger partial charge on any atom is -0.430 e. The summed E-state index contributed by atoms with van der Waals surface area (Å²) in [4.78, 5) is 23.5. The molecule has 0 saturated heterocycles. The molecule has 1 aromatic heterocycles. The number of hydrogen-bond acceptors (Lipinski definition) is 5. The number of benzene rings is 1. The van der Waals surface area contributed by atoms with Gasteiger partial charge in [0, 0.05) is 7.11 Å². The highest BCUT2D eigenvalue weighted by Gasteiger charge is 2.36. The number of thiazole rings is 1. The Morgan fingerprint density at radius 2 is 2.05 bits per heavy atom. The summed E-state index contributed by atoms with van der Waals surface area (Å²) in [5.41, 5.74) is 0.646. The molecule has 0 fully saturated rings. The molecule has 0 aliphatic rings. The highest BCUT2D eigenvalue weighted by Crippen LogP contribution is 2.32. The maximum atomic E-state index is 11.9. The fraction of sp³-hybridized carbons (Fsp3) is 0.333. The van der Waals surface area contributed by atoms with Crippen molar-refractivity contribution in [2.24, 2.45) is 0 Å². The molecule has 0 bridgehead atoms. The molecular weight excluding hydrogens is 361 g/mol. The number of aromatic nitrogens is 1. The zero-order valence-electron chi connectivity index (χ0n) is 10.7. The third-order valence-corrected chi connectivity index (χ3v) is 4.08. The topological polar surface area (TPSA) is 57.5 Å². The van der Waals surface area contributed by atoms with Gasteiger partial charge in [0.2, 0.25) is 0 Å². The minimum atomic E-state index is -1.91. The molecule has 114 valence electrons. The largest absolute Gasteiger partial charge is 0.430 e. The van der Waals surface area contributed by atoms with Crippen molar-refractivity contribution in [2.45, 2.75) is 16.6 Å². The van der Waals surface area contributed by atoms with Crippen LogP contribution in [-0.4, -0.2) is 27.7 Å². The van der Waals surface area contributed by atoms with E-state index in [0.717, 1.165) is 16.0 Å². The molecule has 9 heteroatoms. The van der Waals surface area contributed by atoms with Crippen molar-refractivity contribution in [3.63, 3.8) is 0 Å². The molecule has 1 atom stereocenters. The molecule has 0 amide bonds. The van der Waals surface area contributed by atoms with Crippen molar-refractivity contribution in [3.05, 3.63) is 33.9 Å². The molecule has 0 unspecified atom stereocenters. The molecule has 0 aliphatic carbocycles. The van der Waals surface area contributed by atoms with Gasteiger partial charge in [-0.3, -0.25) is 14.2 Å². The maximum absolute atomic E-state index is 11.9. The summed E-state index contributed by atoms with van der Waals surface area (Å²) in [6.45, 7) is -0.288. The molecule has 0 aliphatic heterocycles. The van der Waals surface area contributed by atoms with Crippen molar-refractivity contribution in [2.75, 3.05) is 7.11 Å². The molecule has 0 N–H and O–H groups in total. The molecule has 2 aromatic rings. The predicted molar refractivity (Wildman–Crippen MR) is 83.3 cm³/mol. The summed E-state index contributed by atoms with van der Waals surface area (Å²) in [6.07, 6.45) is -1.35. The Kier molecular flexibility index (Phi) is 5.16. The third-order valence-electron chi connectivity index (χ3n) is 2.58. The van der Waals surface area contributed by atoms with Gasteiger partial charge < -0.3 is 9.47 Å². The number of hydrogen-bond donors (Lipinski definition) is 0. The number of para-hydroxylation sites is 1. The van der Waals surface area contributed by atoms with Gasteiger partial charge >= 0.3 is 10.8 Å². The number of methoxy groups -OCH3 is 1. The molecule has 2 rings (SSSR count). The predicted octanol–water partition coefficient (Wildman–Crippen LogP) is 2.95. The molecule has 5 nitrogen and oxygen atoms in total. The first-order valence-corrected chi connectivity index (χ1v) is 7.65. The number of esters is 1. The molecule has 0 spiro atoms. The van der Waals surface area contributed by atoms with E-state index in [1.165, 1.54) is 11.7 Å². The van der Waals surface area contributed by atoms with Crippen LogP contribution < -0.4 is 4.87 Å². The fourth-order valence-electron chi connectivity index (χ4n) is 1.70. The molecular formula is C12H10Cl3NO4S. The SMILES string of the molecule is CO[C@@H](OC(=O)Cn1c(=O)sc2ccccc21)C(Cl)(Cl)Cl. The lowest BCUT2D eigenvalue weighted by atomic mass is 10.3. The zero-order chi connectivity index (χ0) is 15.6. The molecule has 1 heterocycles. The quantitative estimate of drug-likeness (QED) is 0.472. The van der Waals surface area contributed by atoms with Crippen LogP contribution in [-0.2, 0) is 20.8 Å². The summed E-state index contributed by atoms with van der Waals surface area (Å²) in [6, 6.07) is 7.12. The van der Waals surface area contributed by atoms with E-state index in [9.17, 15) is 9.59 Å². The van der Waals surface area contributed by atoms with Gasteiger partial charge in [-0.15, -0.1) is 0 Å². The number of rotatable bonds is 4. The highest BCUT2D eigenvalue weighted by atomic mass is 35.6. The molecule has 21 heavy (non-hydrogen) atoms. The zero-order valence-corrected chi connectivity index (χ0v) is 13.8. The first kappa shape index (κ1) is 16.6. The Bertz CT molecular complexity index is 706. The van der Waals surface area contributed by atoms with Crippen molar-refractivity contribution in [1.82, 2.24) is 4.57 Å². The van der Waals surface area contributed by atoms with E-state index in [-0.39, 0.29) is 11.4 Å². The van der Waals surface area contributed by atoms with Crippen LogP contribution in [0.1, 0.15) is 0 Å². The van der Waals surface area contributed by atoms with Crippen molar-refractivity contribution >= 4 is 62.3 Å². The highest BCUT2D eigenvalue weighted by molar-refractivity contribution is 7.16. The first-order chi connectivity index (χ1) is 9.82. The average molecular weight is 371 g/mol. The maximum Gasteiger partial charge on any atom is 0.328 e. The molecule has 1 aromatic carbocycles. The number of alkyl halides is 3. The van der Waals surface area contributed by atoms with E-state index in [4.69, 9.17) is 44.3 Å². The van der Waals surface area contributed by atoms with Crippen LogP contribution in [0.25, 0.3) is 10.2 Å². The lowest BCUT2D eigenvalue weighted by Crippen LogP contribution is -2.34. The van der Waals surface area contributed by atoms with Crippen molar-refractivity contribution < 1.29 is 14.3 Å². The second-order valence-corrected chi connectivity index (χ2v) is 7.38. The lowest BCUT2D eigenvalue weighted by molar-refractivity contribution is -0.173. The smallest absolute Gasteiger partial charge is 0.328 e. The van der Waals surface area contributed by atoms with Gasteiger partial charge in [-0.2, -0.15) is 0 Å². The average Bonchev–Trinajstić information content (AvgIpc) is 2.71. The number of nitrogens with zero attached hydrogens (tertiary/aromatic N) is 1. The van der Waals surface area contributed by atoms with E-state index >= 15 is 0 Å². The van der Waals surface area contributed by atoms with E-state index in [1.54, 1.807) is 18.2 Å². The minimum absolute atomic E-state index is 0.268. The molecule has 0 saturated carbocycles. The molecule has 0 radical (unpaired) electrons. The van der Waals surface area contributed by atoms with Crippen LogP contribution in [0.15, 0.2) is 29.1 Å². The van der Waals surface area contributed by atoms with Crippen LogP contribution in [0, 0.1) is 0 Å². The van der Waals surface area contributed by atoms with Crippen LogP contribution in [0.4, 0.5) is 0 Å². The number of ether oxygens (including phenoxy) is 2. The van der Waals surface area contributed by atoms with Gasteiger partial charge in [-0.1, -0.05) is 58.3 Å². The third kappa shape index (κ3) is 3.90. The Morgan fingerprint density at radius 3 is 2.67 bits per heavy atom. The van der Waals surface area contributed by atoms with Crippen LogP contribution in [0.5, 0.6) is 0 Å². The van der Waals surface area contributed by atoms with Gasteiger partial charge in [-0.25, -0.2) is 0 Å². The van der Waals surface area contributed by atoms with E-state index in [2.05, 4.69) is 0 Å². The van der Waals surface area contributed by atoms with Gasteiger partial charge in [0.15, 0.2) is 0 Å². The van der Waals surface area contributed by atoms with Crippen LogP contribution >= 0.6 is 46.1 Å². The first-order valence-electron chi connectivity index (χ1n) is 5.70. The second kappa shape index (κ2) is 6.54. The van der Waals surface area contributed by atoms with E-state index < -0.39 is 16.1 Å². The summed E-state index contributed by atoms with van der Waals surface area (Å²) in [5.74, 6) is -0.737. The van der Waals surface area contributed by atoms with E-state index in [0.29, 0.717) is 5.52 Å². The second-order valence-electron chi connectivity index (χ2n) is 4.02. The van der Waals surface area contributed by atoms with E-state index in [1.807, 2.05) is 6.07 Å². The monoisotopic (exact) mass is 369 g/mol. The fourth-order valence-corrected chi connectivity index (χ4v) is 2.99. The standard InChI is InChI=1S/C12H10Cl3NO4S/c1-19-10(12(13,14)15)20-9(17)6-16-7-4-2-3-5-8(7)21-11(16)18/h2-5,10H,6H2,1H3/t10-/m0/s1.